The van der Waals surface area contributed by atoms with Crippen molar-refractivity contribution < 1.29 is 80.2 Å². The molecular weight excluding hydrogens is 1230 g/mol. The lowest BCUT2D eigenvalue weighted by Gasteiger charge is -2.21. The van der Waals surface area contributed by atoms with E-state index in [1.807, 2.05) is 18.2 Å². The monoisotopic (exact) mass is 1360 g/mol. The van der Waals surface area contributed by atoms with Crippen molar-refractivity contribution >= 4 is 39.5 Å². The van der Waals surface area contributed by atoms with Gasteiger partial charge in [-0.25, -0.2) is 9.13 Å². The molecule has 0 bridgehead atoms. The minimum Gasteiger partial charge on any atom is -0.462 e. The standard InChI is InChI=1S/C75H128O17P2/c1-5-9-13-17-21-25-29-31-32-33-34-35-36-38-41-44-48-52-56-60-73(78)86-66-71(92-75(80)62-58-54-50-46-42-37-30-26-22-18-14-10-6-2)68-90-94(83,84)88-64-69(76)63-87-93(81,82)89-67-70(91-74(79)61-57-53-49-45-40-28-24-20-16-12-8-4)65-85-72(77)59-55-51-47-43-39-27-23-19-15-11-7-3/h9,13,19-21,23-26,30-32,34-35,38,41,48,52,69-71,76H,5-8,10-12,14-18,22,27-29,33,36-37,39-40,42-47,49-51,53-68H2,1-4H3,(H,81,82)(H,83,84)/b13-9-,23-19-,24-20-,25-21-,30-26-,32-31-,35-34-,41-38-,52-48-. The molecule has 0 saturated heterocycles. The molecule has 0 aromatic rings. The summed E-state index contributed by atoms with van der Waals surface area (Å²) in [4.78, 5) is 72.5. The van der Waals surface area contributed by atoms with Gasteiger partial charge in [-0.2, -0.15) is 0 Å². The Bertz CT molecular complexity index is 2220. The second-order valence-electron chi connectivity index (χ2n) is 23.8. The number of aliphatic hydroxyl groups excluding tert-OH is 1. The van der Waals surface area contributed by atoms with E-state index < -0.39 is 97.5 Å². The third-order valence-corrected chi connectivity index (χ3v) is 16.6. The van der Waals surface area contributed by atoms with Crippen molar-refractivity contribution in [2.45, 2.75) is 303 Å². The van der Waals surface area contributed by atoms with Crippen LogP contribution in [-0.2, 0) is 65.4 Å². The zero-order valence-corrected chi connectivity index (χ0v) is 60.4. The Morgan fingerprint density at radius 2 is 0.585 bits per heavy atom. The van der Waals surface area contributed by atoms with Gasteiger partial charge in [-0.1, -0.05) is 240 Å². The summed E-state index contributed by atoms with van der Waals surface area (Å²) in [7, 11) is -9.96. The summed E-state index contributed by atoms with van der Waals surface area (Å²) in [6.45, 7) is 4.53. The number of carbonyl (C=O) groups is 4. The van der Waals surface area contributed by atoms with Gasteiger partial charge in [0.25, 0.3) is 0 Å². The molecule has 0 fully saturated rings. The minimum atomic E-state index is -4.99. The lowest BCUT2D eigenvalue weighted by molar-refractivity contribution is -0.161. The molecule has 540 valence electrons. The van der Waals surface area contributed by atoms with Crippen LogP contribution in [0.2, 0.25) is 0 Å². The molecule has 0 amide bonds. The highest BCUT2D eigenvalue weighted by Crippen LogP contribution is 2.45. The molecule has 94 heavy (non-hydrogen) atoms. The van der Waals surface area contributed by atoms with Crippen LogP contribution in [0.5, 0.6) is 0 Å². The molecule has 17 nitrogen and oxygen atoms in total. The van der Waals surface area contributed by atoms with E-state index in [-0.39, 0.29) is 25.7 Å². The van der Waals surface area contributed by atoms with Gasteiger partial charge >= 0.3 is 39.5 Å². The van der Waals surface area contributed by atoms with Crippen molar-refractivity contribution in [2.75, 3.05) is 39.6 Å². The van der Waals surface area contributed by atoms with E-state index in [0.29, 0.717) is 32.1 Å². The topological polar surface area (TPSA) is 237 Å². The van der Waals surface area contributed by atoms with Crippen molar-refractivity contribution in [1.29, 1.82) is 0 Å². The van der Waals surface area contributed by atoms with Gasteiger partial charge < -0.3 is 33.8 Å². The lowest BCUT2D eigenvalue weighted by atomic mass is 10.1. The highest BCUT2D eigenvalue weighted by Gasteiger charge is 2.30. The minimum absolute atomic E-state index is 0.0335. The van der Waals surface area contributed by atoms with Crippen LogP contribution in [0.3, 0.4) is 0 Å². The highest BCUT2D eigenvalue weighted by atomic mass is 31.2. The van der Waals surface area contributed by atoms with Crippen LogP contribution in [0.4, 0.5) is 0 Å². The van der Waals surface area contributed by atoms with Gasteiger partial charge in [0.1, 0.15) is 19.3 Å². The quantitative estimate of drug-likeness (QED) is 0.0169. The fourth-order valence-electron chi connectivity index (χ4n) is 9.14. The summed E-state index contributed by atoms with van der Waals surface area (Å²) in [5.74, 6) is -2.30. The Morgan fingerprint density at radius 3 is 0.947 bits per heavy atom. The van der Waals surface area contributed by atoms with E-state index >= 15 is 0 Å². The fourth-order valence-corrected chi connectivity index (χ4v) is 10.7. The molecule has 0 aliphatic heterocycles. The van der Waals surface area contributed by atoms with Gasteiger partial charge in [-0.05, 0) is 128 Å². The maximum Gasteiger partial charge on any atom is 0.472 e. The normalized spacial score (nSPS) is 14.7. The number of hydrogen-bond acceptors (Lipinski definition) is 15. The number of aliphatic hydroxyl groups is 1. The molecule has 0 heterocycles. The summed E-state index contributed by atoms with van der Waals surface area (Å²) < 4.78 is 68.1. The number of allylic oxidation sites excluding steroid dienone is 18. The van der Waals surface area contributed by atoms with Gasteiger partial charge in [0.05, 0.1) is 26.4 Å². The average Bonchev–Trinajstić information content (AvgIpc) is 1.73. The second kappa shape index (κ2) is 67.3. The first-order valence-electron chi connectivity index (χ1n) is 36.1. The molecule has 0 radical (unpaired) electrons. The largest absolute Gasteiger partial charge is 0.472 e. The molecule has 3 N–H and O–H groups in total. The van der Waals surface area contributed by atoms with E-state index in [1.165, 1.54) is 51.4 Å². The Morgan fingerprint density at radius 1 is 0.309 bits per heavy atom. The molecule has 0 saturated carbocycles. The summed E-state index contributed by atoms with van der Waals surface area (Å²) in [6.07, 6.45) is 69.8. The van der Waals surface area contributed by atoms with Gasteiger partial charge in [-0.15, -0.1) is 0 Å². The number of phosphoric ester groups is 2. The van der Waals surface area contributed by atoms with Gasteiger partial charge in [0, 0.05) is 25.7 Å². The van der Waals surface area contributed by atoms with E-state index in [4.69, 9.17) is 37.0 Å². The average molecular weight is 1360 g/mol. The number of carbonyl (C=O) groups excluding carboxylic acids is 4. The van der Waals surface area contributed by atoms with Crippen molar-refractivity contribution in [3.63, 3.8) is 0 Å². The Labute approximate surface area is 569 Å². The molecule has 0 aromatic carbocycles. The number of phosphoric acid groups is 2. The molecule has 19 heteroatoms. The predicted octanol–water partition coefficient (Wildman–Crippen LogP) is 20.2. The highest BCUT2D eigenvalue weighted by molar-refractivity contribution is 7.47. The van der Waals surface area contributed by atoms with Gasteiger partial charge in [0.15, 0.2) is 12.2 Å². The van der Waals surface area contributed by atoms with E-state index in [1.54, 1.807) is 0 Å². The lowest BCUT2D eigenvalue weighted by Crippen LogP contribution is -2.30. The fraction of sp³-hybridized carbons (Fsp3) is 0.707. The van der Waals surface area contributed by atoms with Gasteiger partial charge in [-0.3, -0.25) is 37.3 Å². The van der Waals surface area contributed by atoms with Crippen LogP contribution in [0.25, 0.3) is 0 Å². The van der Waals surface area contributed by atoms with Crippen LogP contribution >= 0.6 is 15.6 Å². The van der Waals surface area contributed by atoms with E-state index in [0.717, 1.165) is 148 Å². The summed E-state index contributed by atoms with van der Waals surface area (Å²) in [6, 6.07) is 0. The molecule has 0 spiro atoms. The molecule has 0 aliphatic rings. The van der Waals surface area contributed by atoms with Crippen molar-refractivity contribution in [2.24, 2.45) is 0 Å². The van der Waals surface area contributed by atoms with Crippen LogP contribution in [0.15, 0.2) is 109 Å². The van der Waals surface area contributed by atoms with Crippen molar-refractivity contribution in [1.82, 2.24) is 0 Å². The Hall–Kier alpha value is -4.28. The first kappa shape index (κ1) is 89.7. The number of unbranched alkanes of at least 4 members (excludes halogenated alkanes) is 23. The first-order valence-corrected chi connectivity index (χ1v) is 39.1. The van der Waals surface area contributed by atoms with E-state index in [2.05, 4.69) is 119 Å². The van der Waals surface area contributed by atoms with Crippen molar-refractivity contribution in [3.8, 4) is 0 Å². The number of hydrogen-bond donors (Lipinski definition) is 3. The SMILES string of the molecule is CC/C=C\C/C=C\C/C=C\C/C=C\C/C=C\C/C=C\CCC(=O)OCC(COP(=O)(O)OCC(O)COP(=O)(O)OCC(COC(=O)CCCCCCC/C=C\CCCC)OC(=O)CCCCCCC/C=C\CCCC)OC(=O)CCCCCCC/C=C\CCCCCC. The van der Waals surface area contributed by atoms with Crippen LogP contribution in [0, 0.1) is 0 Å². The number of esters is 4. The summed E-state index contributed by atoms with van der Waals surface area (Å²) in [5, 5.41) is 10.6. The molecule has 5 unspecified atom stereocenters. The first-order chi connectivity index (χ1) is 45.7. The third-order valence-electron chi connectivity index (χ3n) is 14.7. The zero-order valence-electron chi connectivity index (χ0n) is 58.6. The summed E-state index contributed by atoms with van der Waals surface area (Å²) >= 11 is 0. The van der Waals surface area contributed by atoms with Crippen molar-refractivity contribution in [3.05, 3.63) is 109 Å². The maximum atomic E-state index is 13.0. The van der Waals surface area contributed by atoms with Crippen LogP contribution < -0.4 is 0 Å². The summed E-state index contributed by atoms with van der Waals surface area (Å²) in [5.41, 5.74) is 0. The molecular formula is C75H128O17P2. The van der Waals surface area contributed by atoms with Crippen LogP contribution in [0.1, 0.15) is 285 Å². The Balaban J connectivity index is 5.38. The molecule has 0 aromatic heterocycles. The zero-order chi connectivity index (χ0) is 69.0. The third kappa shape index (κ3) is 66.3. The number of rotatable bonds is 67. The molecule has 0 aliphatic carbocycles. The second-order valence-corrected chi connectivity index (χ2v) is 26.7. The molecule has 0 rings (SSSR count). The number of ether oxygens (including phenoxy) is 4. The molecule has 5 atom stereocenters. The van der Waals surface area contributed by atoms with Crippen LogP contribution in [-0.4, -0.2) is 96.7 Å². The predicted molar refractivity (Wildman–Crippen MR) is 381 cm³/mol. The maximum absolute atomic E-state index is 13.0. The van der Waals surface area contributed by atoms with Gasteiger partial charge in [0.2, 0.25) is 0 Å². The Kier molecular flexibility index (Phi) is 64.2. The van der Waals surface area contributed by atoms with E-state index in [9.17, 15) is 43.2 Å². The smallest absolute Gasteiger partial charge is 0.462 e.